The van der Waals surface area contributed by atoms with Gasteiger partial charge in [0.05, 0.1) is 0 Å². The second-order valence-corrected chi connectivity index (χ2v) is 7.10. The van der Waals surface area contributed by atoms with Crippen LogP contribution in [-0.4, -0.2) is 29.6 Å². The van der Waals surface area contributed by atoms with Crippen LogP contribution in [0, 0.1) is 0 Å². The number of nitrogens with zero attached hydrogens (tertiary/aromatic N) is 1. The van der Waals surface area contributed by atoms with Gasteiger partial charge in [0.25, 0.3) is 5.91 Å². The van der Waals surface area contributed by atoms with Crippen molar-refractivity contribution in [3.05, 3.63) is 70.7 Å². The van der Waals surface area contributed by atoms with Crippen molar-refractivity contribution in [3.63, 3.8) is 0 Å². The van der Waals surface area contributed by atoms with Crippen LogP contribution < -0.4 is 0 Å². The summed E-state index contributed by atoms with van der Waals surface area (Å²) < 4.78 is 0. The summed E-state index contributed by atoms with van der Waals surface area (Å²) in [4.78, 5) is 14.5. The van der Waals surface area contributed by atoms with Crippen molar-refractivity contribution >= 4 is 29.3 Å². The molecule has 114 valence electrons. The molecule has 1 amide bonds. The van der Waals surface area contributed by atoms with E-state index in [0.717, 1.165) is 25.3 Å². The van der Waals surface area contributed by atoms with Gasteiger partial charge in [-0.15, -0.1) is 0 Å². The predicted molar refractivity (Wildman–Crippen MR) is 93.6 cm³/mol. The van der Waals surface area contributed by atoms with E-state index in [0.29, 0.717) is 15.8 Å². The molecule has 1 aliphatic heterocycles. The second-order valence-electron chi connectivity index (χ2n) is 5.36. The van der Waals surface area contributed by atoms with Gasteiger partial charge in [-0.25, -0.2) is 0 Å². The van der Waals surface area contributed by atoms with E-state index in [-0.39, 0.29) is 5.91 Å². The minimum Gasteiger partial charge on any atom is -0.338 e. The average molecular weight is 332 g/mol. The topological polar surface area (TPSA) is 20.3 Å². The van der Waals surface area contributed by atoms with E-state index in [1.807, 2.05) is 22.7 Å². The summed E-state index contributed by atoms with van der Waals surface area (Å²) >= 11 is 7.83. The van der Waals surface area contributed by atoms with Crippen LogP contribution in [0.2, 0.25) is 5.02 Å². The highest BCUT2D eigenvalue weighted by Crippen LogP contribution is 2.34. The largest absolute Gasteiger partial charge is 0.338 e. The maximum absolute atomic E-state index is 12.6. The lowest BCUT2D eigenvalue weighted by Crippen LogP contribution is -2.32. The first-order valence-corrected chi connectivity index (χ1v) is 8.88. The lowest BCUT2D eigenvalue weighted by molar-refractivity contribution is 0.0766. The monoisotopic (exact) mass is 331 g/mol. The molecule has 1 fully saturated rings. The first-order chi connectivity index (χ1) is 10.7. The molecule has 1 saturated heterocycles. The third-order valence-electron chi connectivity index (χ3n) is 3.89. The molecule has 22 heavy (non-hydrogen) atoms. The van der Waals surface area contributed by atoms with Crippen molar-refractivity contribution in [2.45, 2.75) is 11.7 Å². The number of amides is 1. The number of benzene rings is 2. The summed E-state index contributed by atoms with van der Waals surface area (Å²) in [6, 6.07) is 17.7. The van der Waals surface area contributed by atoms with Gasteiger partial charge in [-0.3, -0.25) is 4.79 Å². The number of hydrogen-bond acceptors (Lipinski definition) is 2. The van der Waals surface area contributed by atoms with Crippen LogP contribution in [0.4, 0.5) is 0 Å². The Balaban J connectivity index is 1.67. The van der Waals surface area contributed by atoms with Crippen molar-refractivity contribution in [1.29, 1.82) is 0 Å². The maximum atomic E-state index is 12.6. The third-order valence-corrected chi connectivity index (χ3v) is 5.47. The lowest BCUT2D eigenvalue weighted by atomic mass is 10.1. The molecule has 2 nitrogen and oxygen atoms in total. The first-order valence-electron chi connectivity index (χ1n) is 7.45. The van der Waals surface area contributed by atoms with Gasteiger partial charge in [0.15, 0.2) is 0 Å². The van der Waals surface area contributed by atoms with Gasteiger partial charge in [0.2, 0.25) is 0 Å². The summed E-state index contributed by atoms with van der Waals surface area (Å²) in [6.07, 6.45) is 0.994. The zero-order valence-electron chi connectivity index (χ0n) is 12.2. The molecule has 1 atom stereocenters. The molecule has 0 N–H and O–H groups in total. The van der Waals surface area contributed by atoms with Gasteiger partial charge in [-0.05, 0) is 36.2 Å². The normalized spacial score (nSPS) is 18.8. The molecule has 1 aliphatic rings. The summed E-state index contributed by atoms with van der Waals surface area (Å²) in [5.41, 5.74) is 2.07. The number of rotatable bonds is 2. The summed E-state index contributed by atoms with van der Waals surface area (Å²) in [5, 5.41) is 1.14. The Morgan fingerprint density at radius 2 is 1.77 bits per heavy atom. The van der Waals surface area contributed by atoms with Crippen LogP contribution in [0.15, 0.2) is 54.6 Å². The fraction of sp³-hybridized carbons (Fsp3) is 0.278. The number of halogens is 1. The highest BCUT2D eigenvalue weighted by molar-refractivity contribution is 7.99. The molecule has 1 heterocycles. The van der Waals surface area contributed by atoms with Gasteiger partial charge < -0.3 is 4.90 Å². The fourth-order valence-electron chi connectivity index (χ4n) is 2.68. The SMILES string of the molecule is O=C(c1ccc(Cl)cc1)N1CCSC(c2ccccc2)CC1. The molecular weight excluding hydrogens is 314 g/mol. The number of thioether (sulfide) groups is 1. The highest BCUT2D eigenvalue weighted by Gasteiger charge is 2.22. The smallest absolute Gasteiger partial charge is 0.253 e. The highest BCUT2D eigenvalue weighted by atomic mass is 35.5. The number of hydrogen-bond donors (Lipinski definition) is 0. The third kappa shape index (κ3) is 3.65. The molecule has 0 radical (unpaired) electrons. The standard InChI is InChI=1S/C18H18ClNOS/c19-16-8-6-15(7-9-16)18(21)20-11-10-17(22-13-12-20)14-4-2-1-3-5-14/h1-9,17H,10-13H2. The van der Waals surface area contributed by atoms with Gasteiger partial charge in [0.1, 0.15) is 0 Å². The number of carbonyl (C=O) groups is 1. The van der Waals surface area contributed by atoms with Gasteiger partial charge in [-0.1, -0.05) is 41.9 Å². The van der Waals surface area contributed by atoms with Crippen LogP contribution in [0.25, 0.3) is 0 Å². The summed E-state index contributed by atoms with van der Waals surface area (Å²) in [6.45, 7) is 1.60. The fourth-order valence-corrected chi connectivity index (χ4v) is 4.04. The van der Waals surface area contributed by atoms with Crippen molar-refractivity contribution < 1.29 is 4.79 Å². The minimum atomic E-state index is 0.103. The van der Waals surface area contributed by atoms with E-state index in [4.69, 9.17) is 11.6 Å². The Morgan fingerprint density at radius 1 is 1.05 bits per heavy atom. The molecule has 0 bridgehead atoms. The quantitative estimate of drug-likeness (QED) is 0.797. The summed E-state index contributed by atoms with van der Waals surface area (Å²) in [7, 11) is 0. The Labute approximate surface area is 140 Å². The molecule has 0 aliphatic carbocycles. The van der Waals surface area contributed by atoms with Gasteiger partial charge in [-0.2, -0.15) is 11.8 Å². The Hall–Kier alpha value is -1.45. The zero-order valence-corrected chi connectivity index (χ0v) is 13.8. The van der Waals surface area contributed by atoms with Crippen LogP contribution >= 0.6 is 23.4 Å². The van der Waals surface area contributed by atoms with Crippen LogP contribution in [0.1, 0.15) is 27.6 Å². The molecule has 2 aromatic carbocycles. The Bertz CT molecular complexity index is 629. The Kier molecular flexibility index (Phi) is 5.06. The molecule has 0 aromatic heterocycles. The van der Waals surface area contributed by atoms with Gasteiger partial charge in [0, 0.05) is 34.7 Å². The van der Waals surface area contributed by atoms with Gasteiger partial charge >= 0.3 is 0 Å². The van der Waals surface area contributed by atoms with Crippen LogP contribution in [-0.2, 0) is 0 Å². The van der Waals surface area contributed by atoms with E-state index in [1.165, 1.54) is 5.56 Å². The van der Waals surface area contributed by atoms with Crippen LogP contribution in [0.5, 0.6) is 0 Å². The molecule has 1 unspecified atom stereocenters. The molecule has 0 saturated carbocycles. The molecule has 0 spiro atoms. The first kappa shape index (κ1) is 15.4. The van der Waals surface area contributed by atoms with Crippen molar-refractivity contribution in [1.82, 2.24) is 4.90 Å². The average Bonchev–Trinajstić information content (AvgIpc) is 2.82. The van der Waals surface area contributed by atoms with Crippen LogP contribution in [0.3, 0.4) is 0 Å². The second kappa shape index (κ2) is 7.21. The molecule has 2 aromatic rings. The minimum absolute atomic E-state index is 0.103. The molecule has 4 heteroatoms. The van der Waals surface area contributed by atoms with E-state index < -0.39 is 0 Å². The number of carbonyl (C=O) groups excluding carboxylic acids is 1. The molecule has 3 rings (SSSR count). The van der Waals surface area contributed by atoms with E-state index in [1.54, 1.807) is 24.3 Å². The zero-order chi connectivity index (χ0) is 15.4. The van der Waals surface area contributed by atoms with E-state index in [2.05, 4.69) is 24.3 Å². The van der Waals surface area contributed by atoms with Crippen molar-refractivity contribution in [2.24, 2.45) is 0 Å². The lowest BCUT2D eigenvalue weighted by Gasteiger charge is -2.20. The van der Waals surface area contributed by atoms with E-state index >= 15 is 0 Å². The molecular formula is C18H18ClNOS. The van der Waals surface area contributed by atoms with Crippen molar-refractivity contribution in [2.75, 3.05) is 18.8 Å². The maximum Gasteiger partial charge on any atom is 0.253 e. The van der Waals surface area contributed by atoms with Crippen molar-refractivity contribution in [3.8, 4) is 0 Å². The predicted octanol–water partition coefficient (Wildman–Crippen LogP) is 4.66. The Morgan fingerprint density at radius 3 is 2.50 bits per heavy atom. The van der Waals surface area contributed by atoms with E-state index in [9.17, 15) is 4.79 Å². The summed E-state index contributed by atoms with van der Waals surface area (Å²) in [5.74, 6) is 1.07.